The number of carbonyl (C=O) groups excluding carboxylic acids is 1. The van der Waals surface area contributed by atoms with Crippen molar-refractivity contribution in [2.45, 2.75) is 26.2 Å². The van der Waals surface area contributed by atoms with Gasteiger partial charge in [0.15, 0.2) is 0 Å². The minimum absolute atomic E-state index is 0.335. The summed E-state index contributed by atoms with van der Waals surface area (Å²) in [5.41, 5.74) is 11.5. The number of rotatable bonds is 3. The minimum atomic E-state index is -0.364. The van der Waals surface area contributed by atoms with Crippen molar-refractivity contribution in [3.8, 4) is 11.1 Å². The number of ether oxygens (including phenoxy) is 1. The second-order valence-corrected chi connectivity index (χ2v) is 6.88. The number of aryl methyl sites for hydroxylation is 1. The molecule has 5 heteroatoms. The fraction of sp³-hybridized carbons (Fsp3) is 0.263. The SMILES string of the molecule is CCOC(=O)c1sc2nc3c(c(-c4ccccc4)c2c1N)CCC3. The van der Waals surface area contributed by atoms with Gasteiger partial charge in [-0.25, -0.2) is 9.78 Å². The summed E-state index contributed by atoms with van der Waals surface area (Å²) in [6, 6.07) is 10.2. The molecule has 2 aromatic heterocycles. The molecule has 0 bridgehead atoms. The summed E-state index contributed by atoms with van der Waals surface area (Å²) in [7, 11) is 0. The molecule has 4 nitrogen and oxygen atoms in total. The number of carbonyl (C=O) groups is 1. The van der Waals surface area contributed by atoms with Crippen LogP contribution in [-0.4, -0.2) is 17.6 Å². The van der Waals surface area contributed by atoms with Crippen LogP contribution in [0.15, 0.2) is 30.3 Å². The first kappa shape index (κ1) is 15.1. The van der Waals surface area contributed by atoms with Crippen molar-refractivity contribution in [3.63, 3.8) is 0 Å². The zero-order chi connectivity index (χ0) is 16.7. The van der Waals surface area contributed by atoms with Crippen LogP contribution in [0.2, 0.25) is 0 Å². The van der Waals surface area contributed by atoms with Gasteiger partial charge in [0.1, 0.15) is 9.71 Å². The molecule has 0 atom stereocenters. The Balaban J connectivity index is 2.03. The van der Waals surface area contributed by atoms with Gasteiger partial charge in [-0.3, -0.25) is 0 Å². The Morgan fingerprint density at radius 2 is 2.08 bits per heavy atom. The molecule has 3 aromatic rings. The summed E-state index contributed by atoms with van der Waals surface area (Å²) in [4.78, 5) is 18.3. The molecule has 0 aliphatic heterocycles. The van der Waals surface area contributed by atoms with E-state index in [0.29, 0.717) is 17.2 Å². The van der Waals surface area contributed by atoms with Crippen molar-refractivity contribution < 1.29 is 9.53 Å². The summed E-state index contributed by atoms with van der Waals surface area (Å²) < 4.78 is 5.15. The van der Waals surface area contributed by atoms with Crippen molar-refractivity contribution in [2.24, 2.45) is 0 Å². The molecule has 0 fully saturated rings. The monoisotopic (exact) mass is 338 g/mol. The van der Waals surface area contributed by atoms with Gasteiger partial charge in [-0.1, -0.05) is 30.3 Å². The highest BCUT2D eigenvalue weighted by Crippen LogP contribution is 2.44. The number of hydrogen-bond donors (Lipinski definition) is 1. The van der Waals surface area contributed by atoms with E-state index in [1.54, 1.807) is 6.92 Å². The third kappa shape index (κ3) is 2.27. The van der Waals surface area contributed by atoms with Gasteiger partial charge in [0.05, 0.1) is 12.3 Å². The Labute approximate surface area is 144 Å². The second kappa shape index (κ2) is 5.91. The van der Waals surface area contributed by atoms with Crippen LogP contribution >= 0.6 is 11.3 Å². The molecule has 1 aromatic carbocycles. The number of thiophene rings is 1. The Morgan fingerprint density at radius 1 is 1.29 bits per heavy atom. The number of nitrogens with two attached hydrogens (primary N) is 1. The smallest absolute Gasteiger partial charge is 0.350 e. The molecule has 1 aliphatic carbocycles. The van der Waals surface area contributed by atoms with Crippen LogP contribution in [0.3, 0.4) is 0 Å². The first-order valence-corrected chi connectivity index (χ1v) is 8.98. The summed E-state index contributed by atoms with van der Waals surface area (Å²) >= 11 is 1.34. The molecule has 1 aliphatic rings. The molecule has 4 rings (SSSR count). The van der Waals surface area contributed by atoms with Gasteiger partial charge in [-0.15, -0.1) is 11.3 Å². The van der Waals surface area contributed by atoms with E-state index < -0.39 is 0 Å². The number of hydrogen-bond acceptors (Lipinski definition) is 5. The van der Waals surface area contributed by atoms with Crippen LogP contribution in [0.25, 0.3) is 21.3 Å². The maximum atomic E-state index is 12.2. The van der Waals surface area contributed by atoms with Gasteiger partial charge in [-0.2, -0.15) is 0 Å². The largest absolute Gasteiger partial charge is 0.462 e. The zero-order valence-electron chi connectivity index (χ0n) is 13.5. The summed E-state index contributed by atoms with van der Waals surface area (Å²) in [5.74, 6) is -0.364. The Bertz CT molecular complexity index is 932. The van der Waals surface area contributed by atoms with Crippen LogP contribution in [0.1, 0.15) is 34.3 Å². The van der Waals surface area contributed by atoms with E-state index in [1.165, 1.54) is 16.9 Å². The predicted octanol–water partition coefficient (Wildman–Crippen LogP) is 4.21. The number of aromatic nitrogens is 1. The molecule has 24 heavy (non-hydrogen) atoms. The third-order valence-corrected chi connectivity index (χ3v) is 5.51. The van der Waals surface area contributed by atoms with E-state index in [0.717, 1.165) is 46.3 Å². The van der Waals surface area contributed by atoms with Crippen LogP contribution in [0.4, 0.5) is 5.69 Å². The zero-order valence-corrected chi connectivity index (χ0v) is 14.3. The van der Waals surface area contributed by atoms with Crippen molar-refractivity contribution >= 4 is 33.2 Å². The fourth-order valence-electron chi connectivity index (χ4n) is 3.42. The molecule has 0 spiro atoms. The quantitative estimate of drug-likeness (QED) is 0.727. The standard InChI is InChI=1S/C19H18N2O2S/c1-2-23-19(22)17-16(20)15-14(11-7-4-3-5-8-11)12-9-6-10-13(12)21-18(15)24-17/h3-5,7-8H,2,6,9-10,20H2,1H3. The maximum absolute atomic E-state index is 12.2. The van der Waals surface area contributed by atoms with E-state index in [9.17, 15) is 4.79 Å². The highest BCUT2D eigenvalue weighted by atomic mass is 32.1. The molecule has 0 amide bonds. The van der Waals surface area contributed by atoms with Crippen LogP contribution in [0, 0.1) is 0 Å². The maximum Gasteiger partial charge on any atom is 0.350 e. The van der Waals surface area contributed by atoms with Crippen LogP contribution < -0.4 is 5.73 Å². The predicted molar refractivity (Wildman–Crippen MR) is 97.4 cm³/mol. The Hall–Kier alpha value is -2.40. The molecule has 0 radical (unpaired) electrons. The molecular formula is C19H18N2O2S. The molecule has 2 N–H and O–H groups in total. The van der Waals surface area contributed by atoms with Gasteiger partial charge in [0, 0.05) is 11.1 Å². The Kier molecular flexibility index (Phi) is 3.73. The first-order chi connectivity index (χ1) is 11.7. The summed E-state index contributed by atoms with van der Waals surface area (Å²) in [5, 5.41) is 0.898. The lowest BCUT2D eigenvalue weighted by Crippen LogP contribution is -2.05. The molecular weight excluding hydrogens is 320 g/mol. The average Bonchev–Trinajstić information content (AvgIpc) is 3.18. The lowest BCUT2D eigenvalue weighted by molar-refractivity contribution is 0.0533. The van der Waals surface area contributed by atoms with E-state index in [2.05, 4.69) is 12.1 Å². The number of esters is 1. The Morgan fingerprint density at radius 3 is 2.83 bits per heavy atom. The number of pyridine rings is 1. The molecule has 2 heterocycles. The topological polar surface area (TPSA) is 65.2 Å². The van der Waals surface area contributed by atoms with Gasteiger partial charge in [0.25, 0.3) is 0 Å². The number of anilines is 1. The van der Waals surface area contributed by atoms with Gasteiger partial charge in [0.2, 0.25) is 0 Å². The first-order valence-electron chi connectivity index (χ1n) is 8.17. The molecule has 0 saturated carbocycles. The molecule has 0 saturated heterocycles. The van der Waals surface area contributed by atoms with E-state index in [4.69, 9.17) is 15.5 Å². The lowest BCUT2D eigenvalue weighted by Gasteiger charge is -2.11. The minimum Gasteiger partial charge on any atom is -0.462 e. The van der Waals surface area contributed by atoms with Gasteiger partial charge >= 0.3 is 5.97 Å². The average molecular weight is 338 g/mol. The van der Waals surface area contributed by atoms with Gasteiger partial charge < -0.3 is 10.5 Å². The van der Waals surface area contributed by atoms with E-state index >= 15 is 0 Å². The number of nitrogens with zero attached hydrogens (tertiary/aromatic N) is 1. The van der Waals surface area contributed by atoms with Crippen LogP contribution in [0.5, 0.6) is 0 Å². The summed E-state index contributed by atoms with van der Waals surface area (Å²) in [6.45, 7) is 2.13. The highest BCUT2D eigenvalue weighted by molar-refractivity contribution is 7.21. The van der Waals surface area contributed by atoms with Crippen LogP contribution in [-0.2, 0) is 17.6 Å². The van der Waals surface area contributed by atoms with Gasteiger partial charge in [-0.05, 0) is 42.9 Å². The normalized spacial score (nSPS) is 13.2. The third-order valence-electron chi connectivity index (χ3n) is 4.43. The van der Waals surface area contributed by atoms with E-state index in [-0.39, 0.29) is 5.97 Å². The summed E-state index contributed by atoms with van der Waals surface area (Å²) in [6.07, 6.45) is 3.11. The molecule has 0 unspecified atom stereocenters. The van der Waals surface area contributed by atoms with E-state index in [1.807, 2.05) is 18.2 Å². The number of benzene rings is 1. The highest BCUT2D eigenvalue weighted by Gasteiger charge is 2.26. The lowest BCUT2D eigenvalue weighted by atomic mass is 9.96. The molecule has 122 valence electrons. The van der Waals surface area contributed by atoms with Crippen molar-refractivity contribution in [1.29, 1.82) is 0 Å². The number of fused-ring (bicyclic) bond motifs is 2. The van der Waals surface area contributed by atoms with Crippen molar-refractivity contribution in [1.82, 2.24) is 4.98 Å². The van der Waals surface area contributed by atoms with Crippen molar-refractivity contribution in [3.05, 3.63) is 46.5 Å². The second-order valence-electron chi connectivity index (χ2n) is 5.88. The number of nitrogen functional groups attached to an aromatic ring is 1. The fourth-order valence-corrected chi connectivity index (χ4v) is 4.43. The van der Waals surface area contributed by atoms with Crippen molar-refractivity contribution in [2.75, 3.05) is 12.3 Å².